The fourth-order valence-corrected chi connectivity index (χ4v) is 1.49. The molecule has 2 nitrogen and oxygen atoms in total. The lowest BCUT2D eigenvalue weighted by atomic mass is 10.0. The summed E-state index contributed by atoms with van der Waals surface area (Å²) in [6.45, 7) is 0. The summed E-state index contributed by atoms with van der Waals surface area (Å²) in [5.74, 6) is 7.39. The molecule has 0 aliphatic carbocycles. The minimum absolute atomic E-state index is 0.322. The molecule has 0 saturated heterocycles. The summed E-state index contributed by atoms with van der Waals surface area (Å²) >= 11 is 3.17. The maximum Gasteiger partial charge on any atom is 0.129 e. The first kappa shape index (κ1) is 11.2. The van der Waals surface area contributed by atoms with Gasteiger partial charge in [0.1, 0.15) is 5.82 Å². The molecule has 0 spiro atoms. The first-order chi connectivity index (χ1) is 6.69. The molecule has 4 heteroatoms. The minimum atomic E-state index is -0.340. The van der Waals surface area contributed by atoms with E-state index in [1.807, 2.05) is 0 Å². The summed E-state index contributed by atoms with van der Waals surface area (Å²) < 4.78 is 14.1. The lowest BCUT2D eigenvalue weighted by Gasteiger charge is -2.14. The third kappa shape index (κ3) is 2.55. The fourth-order valence-electron chi connectivity index (χ4n) is 1.16. The number of terminal acetylenes is 1. The van der Waals surface area contributed by atoms with Crippen molar-refractivity contribution in [3.63, 3.8) is 0 Å². The summed E-state index contributed by atoms with van der Waals surface area (Å²) in [7, 11) is 0. The van der Waals surface area contributed by atoms with Gasteiger partial charge in [0.15, 0.2) is 0 Å². The number of nitrogens with one attached hydrogen (secondary N) is 1. The fraction of sp³-hybridized carbons (Fsp3) is 0.200. The third-order valence-electron chi connectivity index (χ3n) is 1.86. The highest BCUT2D eigenvalue weighted by Gasteiger charge is 2.12. The van der Waals surface area contributed by atoms with E-state index < -0.39 is 0 Å². The van der Waals surface area contributed by atoms with Crippen LogP contribution in [0.15, 0.2) is 22.7 Å². The second kappa shape index (κ2) is 5.11. The molecule has 1 aromatic rings. The number of nitrogens with two attached hydrogens (primary N) is 1. The minimum Gasteiger partial charge on any atom is -0.271 e. The Hall–Kier alpha value is -0.890. The highest BCUT2D eigenvalue weighted by atomic mass is 79.9. The summed E-state index contributed by atoms with van der Waals surface area (Å²) in [4.78, 5) is 0. The highest BCUT2D eigenvalue weighted by Crippen LogP contribution is 2.22. The maximum atomic E-state index is 13.4. The topological polar surface area (TPSA) is 38.0 Å². The third-order valence-corrected chi connectivity index (χ3v) is 2.35. The smallest absolute Gasteiger partial charge is 0.129 e. The van der Waals surface area contributed by atoms with E-state index in [9.17, 15) is 4.39 Å². The van der Waals surface area contributed by atoms with E-state index in [4.69, 9.17) is 12.3 Å². The van der Waals surface area contributed by atoms with Crippen molar-refractivity contribution in [3.8, 4) is 12.3 Å². The lowest BCUT2D eigenvalue weighted by molar-refractivity contribution is 0.521. The monoisotopic (exact) mass is 256 g/mol. The van der Waals surface area contributed by atoms with Crippen LogP contribution >= 0.6 is 15.9 Å². The molecule has 74 valence electrons. The van der Waals surface area contributed by atoms with Gasteiger partial charge in [-0.25, -0.2) is 4.39 Å². The number of hydrazine groups is 1. The Balaban J connectivity index is 2.99. The van der Waals surface area contributed by atoms with Crippen molar-refractivity contribution in [2.45, 2.75) is 12.5 Å². The number of benzene rings is 1. The molecule has 0 heterocycles. The van der Waals surface area contributed by atoms with E-state index in [2.05, 4.69) is 27.3 Å². The first-order valence-corrected chi connectivity index (χ1v) is 4.83. The summed E-state index contributed by atoms with van der Waals surface area (Å²) in [5, 5.41) is 0. The molecule has 0 aliphatic rings. The zero-order valence-electron chi connectivity index (χ0n) is 7.43. The van der Waals surface area contributed by atoms with Gasteiger partial charge in [-0.3, -0.25) is 11.3 Å². The van der Waals surface area contributed by atoms with Crippen molar-refractivity contribution >= 4 is 15.9 Å². The van der Waals surface area contributed by atoms with E-state index in [0.717, 1.165) is 0 Å². The van der Waals surface area contributed by atoms with Crippen LogP contribution in [0.2, 0.25) is 0 Å². The number of hydrogen-bond acceptors (Lipinski definition) is 2. The van der Waals surface area contributed by atoms with Gasteiger partial charge in [0.25, 0.3) is 0 Å². The van der Waals surface area contributed by atoms with Gasteiger partial charge in [0.05, 0.1) is 6.04 Å². The van der Waals surface area contributed by atoms with Gasteiger partial charge < -0.3 is 0 Å². The van der Waals surface area contributed by atoms with E-state index >= 15 is 0 Å². The predicted molar refractivity (Wildman–Crippen MR) is 57.6 cm³/mol. The molecule has 0 aliphatic heterocycles. The molecule has 0 saturated carbocycles. The van der Waals surface area contributed by atoms with Crippen LogP contribution in [0.1, 0.15) is 18.0 Å². The van der Waals surface area contributed by atoms with Crippen LogP contribution < -0.4 is 11.3 Å². The molecule has 14 heavy (non-hydrogen) atoms. The zero-order chi connectivity index (χ0) is 10.6. The molecule has 1 atom stereocenters. The Bertz CT molecular complexity index is 360. The SMILES string of the molecule is C#CCC(NN)c1ccc(Br)cc1F. The normalized spacial score (nSPS) is 12.1. The molecule has 0 bridgehead atoms. The maximum absolute atomic E-state index is 13.4. The molecule has 0 aromatic heterocycles. The van der Waals surface area contributed by atoms with Crippen LogP contribution in [0, 0.1) is 18.2 Å². The standard InChI is InChI=1S/C10H10BrFN2/c1-2-3-10(14-13)8-5-4-7(11)6-9(8)12/h1,4-6,10,14H,3,13H2. The average molecular weight is 257 g/mol. The van der Waals surface area contributed by atoms with Crippen molar-refractivity contribution in [1.82, 2.24) is 5.43 Å². The number of rotatable bonds is 3. The molecule has 1 rings (SSSR count). The lowest BCUT2D eigenvalue weighted by Crippen LogP contribution is -2.28. The van der Waals surface area contributed by atoms with Crippen LogP contribution in [-0.2, 0) is 0 Å². The summed E-state index contributed by atoms with van der Waals surface area (Å²) in [6, 6.07) is 4.45. The largest absolute Gasteiger partial charge is 0.271 e. The van der Waals surface area contributed by atoms with Gasteiger partial charge in [-0.1, -0.05) is 22.0 Å². The average Bonchev–Trinajstić information content (AvgIpc) is 2.15. The molecule has 0 radical (unpaired) electrons. The van der Waals surface area contributed by atoms with Crippen molar-refractivity contribution in [3.05, 3.63) is 34.1 Å². The van der Waals surface area contributed by atoms with E-state index in [1.165, 1.54) is 6.07 Å². The van der Waals surface area contributed by atoms with Crippen LogP contribution in [0.3, 0.4) is 0 Å². The molecule has 1 aromatic carbocycles. The molecule has 1 unspecified atom stereocenters. The number of hydrogen-bond donors (Lipinski definition) is 2. The van der Waals surface area contributed by atoms with Gasteiger partial charge >= 0.3 is 0 Å². The highest BCUT2D eigenvalue weighted by molar-refractivity contribution is 9.10. The van der Waals surface area contributed by atoms with Gasteiger partial charge in [0.2, 0.25) is 0 Å². The Labute approximate surface area is 90.8 Å². The summed E-state index contributed by atoms with van der Waals surface area (Å²) in [6.07, 6.45) is 5.50. The van der Waals surface area contributed by atoms with E-state index in [0.29, 0.717) is 16.5 Å². The molecular formula is C10H10BrFN2. The van der Waals surface area contributed by atoms with Crippen LogP contribution in [0.4, 0.5) is 4.39 Å². The molecule has 0 fully saturated rings. The van der Waals surface area contributed by atoms with Gasteiger partial charge in [-0.05, 0) is 12.1 Å². The van der Waals surface area contributed by atoms with Crippen molar-refractivity contribution in [2.24, 2.45) is 5.84 Å². The zero-order valence-corrected chi connectivity index (χ0v) is 9.01. The van der Waals surface area contributed by atoms with Crippen molar-refractivity contribution < 1.29 is 4.39 Å². The van der Waals surface area contributed by atoms with Crippen LogP contribution in [0.5, 0.6) is 0 Å². The second-order valence-electron chi connectivity index (χ2n) is 2.79. The Morgan fingerprint density at radius 3 is 2.86 bits per heavy atom. The Morgan fingerprint density at radius 1 is 1.64 bits per heavy atom. The second-order valence-corrected chi connectivity index (χ2v) is 3.71. The van der Waals surface area contributed by atoms with Crippen molar-refractivity contribution in [1.29, 1.82) is 0 Å². The number of halogens is 2. The first-order valence-electron chi connectivity index (χ1n) is 4.03. The van der Waals surface area contributed by atoms with Gasteiger partial charge in [0, 0.05) is 16.5 Å². The Kier molecular flexibility index (Phi) is 4.08. The molecular weight excluding hydrogens is 247 g/mol. The predicted octanol–water partition coefficient (Wildman–Crippen LogP) is 2.12. The van der Waals surface area contributed by atoms with Crippen molar-refractivity contribution in [2.75, 3.05) is 0 Å². The molecule has 0 amide bonds. The van der Waals surface area contributed by atoms with E-state index in [-0.39, 0.29) is 11.9 Å². The van der Waals surface area contributed by atoms with Gasteiger partial charge in [-0.15, -0.1) is 12.3 Å². The quantitative estimate of drug-likeness (QED) is 0.494. The van der Waals surface area contributed by atoms with Crippen LogP contribution in [0.25, 0.3) is 0 Å². The van der Waals surface area contributed by atoms with E-state index in [1.54, 1.807) is 12.1 Å². The summed E-state index contributed by atoms with van der Waals surface area (Å²) in [5.41, 5.74) is 2.96. The Morgan fingerprint density at radius 2 is 2.36 bits per heavy atom. The van der Waals surface area contributed by atoms with Gasteiger partial charge in [-0.2, -0.15) is 0 Å². The van der Waals surface area contributed by atoms with Crippen LogP contribution in [-0.4, -0.2) is 0 Å². The molecule has 3 N–H and O–H groups in total.